The molecule has 0 radical (unpaired) electrons. The van der Waals surface area contributed by atoms with Gasteiger partial charge in [-0.2, -0.15) is 56.7 Å². The van der Waals surface area contributed by atoms with Gasteiger partial charge in [-0.15, -0.1) is 13.2 Å². The van der Waals surface area contributed by atoms with Crippen LogP contribution in [0.2, 0.25) is 0 Å². The number of sulfonamides is 4. The van der Waals surface area contributed by atoms with Crippen LogP contribution in [-0.4, -0.2) is 222 Å². The van der Waals surface area contributed by atoms with Crippen molar-refractivity contribution in [3.05, 3.63) is 270 Å². The number of benzene rings is 4. The molecule has 5 saturated heterocycles. The van der Waals surface area contributed by atoms with Crippen molar-refractivity contribution in [2.24, 2.45) is 0 Å². The Balaban J connectivity index is 0.000000167. The molecule has 12 atom stereocenters. The Morgan fingerprint density at radius 2 is 0.673 bits per heavy atom. The van der Waals surface area contributed by atoms with Gasteiger partial charge in [0.25, 0.3) is 0 Å². The highest BCUT2D eigenvalue weighted by Gasteiger charge is 2.54. The van der Waals surface area contributed by atoms with Crippen LogP contribution in [-0.2, 0) is 108 Å². The van der Waals surface area contributed by atoms with Gasteiger partial charge in [-0.05, 0) is 179 Å². The number of halogens is 23. The fourth-order valence-corrected chi connectivity index (χ4v) is 24.5. The molecule has 16 rings (SSSR count). The molecular weight excluding hydrogens is 2120 g/mol. The van der Waals surface area contributed by atoms with Crippen LogP contribution < -0.4 is 4.90 Å². The minimum atomic E-state index is -4.76. The second-order valence-corrected chi connectivity index (χ2v) is 42.4. The lowest BCUT2D eigenvalue weighted by atomic mass is 10.0. The van der Waals surface area contributed by atoms with Gasteiger partial charge < -0.3 is 4.90 Å². The summed E-state index contributed by atoms with van der Waals surface area (Å²) in [4.78, 5) is 88.4. The molecule has 7 aromatic heterocycles. The topological polar surface area (TPSA) is 359 Å². The molecule has 150 heavy (non-hydrogen) atoms. The van der Waals surface area contributed by atoms with E-state index in [9.17, 15) is 154 Å². The molecule has 0 saturated carbocycles. The number of carbonyl (C=O) groups excluding carboxylic acids is 4. The Morgan fingerprint density at radius 3 is 1.01 bits per heavy atom. The number of rotatable bonds is 29. The van der Waals surface area contributed by atoms with Gasteiger partial charge >= 0.3 is 24.9 Å². The summed E-state index contributed by atoms with van der Waals surface area (Å²) in [5.74, 6) is -11.2. The number of ether oxygens (including phenoxy) is 1. The summed E-state index contributed by atoms with van der Waals surface area (Å²) in [5, 5.41) is 0. The maximum absolute atomic E-state index is 14.6. The Kier molecular flexibility index (Phi) is 35.2. The minimum absolute atomic E-state index is 0.0110. The van der Waals surface area contributed by atoms with Crippen LogP contribution in [0.15, 0.2) is 209 Å². The number of pyridine rings is 4. The van der Waals surface area contributed by atoms with Crippen LogP contribution in [0.3, 0.4) is 0 Å². The molecule has 0 aliphatic carbocycles. The molecule has 5 fully saturated rings. The Labute approximate surface area is 840 Å². The number of aromatic nitrogens is 10. The van der Waals surface area contributed by atoms with Crippen LogP contribution in [0, 0.1) is 40.7 Å². The van der Waals surface area contributed by atoms with E-state index < -0.39 is 243 Å². The highest BCUT2D eigenvalue weighted by atomic mass is 32.2. The molecule has 5 aliphatic heterocycles. The molecule has 5 aliphatic rings. The molecule has 0 spiro atoms. The molecule has 28 nitrogen and oxygen atoms in total. The molecule has 12 heterocycles. The largest absolute Gasteiger partial charge is 0.522 e. The van der Waals surface area contributed by atoms with Gasteiger partial charge in [0, 0.05) is 124 Å². The zero-order valence-corrected chi connectivity index (χ0v) is 81.4. The summed E-state index contributed by atoms with van der Waals surface area (Å²) in [6, 6.07) is 14.4. The van der Waals surface area contributed by atoms with Crippen molar-refractivity contribution in [2.75, 3.05) is 18.0 Å². The van der Waals surface area contributed by atoms with E-state index in [2.05, 4.69) is 54.6 Å². The van der Waals surface area contributed by atoms with E-state index in [-0.39, 0.29) is 142 Å². The number of hydrogen-bond donors (Lipinski definition) is 0. The first-order valence-electron chi connectivity index (χ1n) is 45.1. The van der Waals surface area contributed by atoms with Crippen LogP contribution in [0.4, 0.5) is 107 Å². The van der Waals surface area contributed by atoms with E-state index in [4.69, 9.17) is 0 Å². The highest BCUT2D eigenvalue weighted by molar-refractivity contribution is 7.90. The molecule has 0 N–H and O–H groups in total. The summed E-state index contributed by atoms with van der Waals surface area (Å²) < 4.78 is 419. The first-order chi connectivity index (χ1) is 70.2. The predicted octanol–water partition coefficient (Wildman–Crippen LogP) is 17.2. The number of carbonyl (C=O) groups is 4. The monoisotopic (exact) mass is 2210 g/mol. The zero-order valence-electron chi connectivity index (χ0n) is 78.1. The van der Waals surface area contributed by atoms with Crippen molar-refractivity contribution in [3.63, 3.8) is 0 Å². The standard InChI is InChI=1S/C25H21F6N3O3S.C24H19F7N4O3S.C24H21F5N4O3S.C22H23F5N4O4S/c1-14-19(27)11-22(34(14)38(36,37)18-6-4-17(26)5-7-18)23(35)8-2-15-10-21(32-13-20(15)28)16-3-9-24(33-12-16)25(29,30)31;1-12-17(26)8-21(35(12)39(37,38)15-3-4-16(25)18(27)7-15)22(36)5-2-13-6-20(32-11-19(13)28)14-9-33-23(34-10-14)24(29,30)31;1-14-18(25)10-21(33(14)37(35,36)17-5-3-2-4-6-17)22(34)8-7-15-9-20(30-13-19(15)26)16-11-31-23(32-12-16)24(27,28)29;1-13-18(24)9-19(31(13)36(33,34)17-5-2-14(23)3-6-17)20(32)7-4-15-8-21(29-12-28-15)30-10-16(11-30)35-22(25,26)27/h3-7,9-10,12-14,19,22H,2,8,11H2,1H3;3-4,6-7,9-12,17,21H,2,5,8H2,1H3;2-6,9,11-14,18,21H,7-8,10H2,1H3;2-3,5-6,8,12-13,16,18-19H,4,7,9-11H2,1H3/t14-,19+,22-;12-,17+,21-;14-,18+,21-;13-,18+,19-/m0000/s1. The molecule has 11 aromatic rings. The van der Waals surface area contributed by atoms with E-state index in [0.717, 1.165) is 129 Å². The molecule has 0 amide bonds. The minimum Gasteiger partial charge on any atom is -0.351 e. The number of aryl methyl sites for hydroxylation is 4. The summed E-state index contributed by atoms with van der Waals surface area (Å²) in [6.07, 6.45) is -21.4. The molecule has 55 heteroatoms. The second kappa shape index (κ2) is 46.2. The summed E-state index contributed by atoms with van der Waals surface area (Å²) >= 11 is 0. The van der Waals surface area contributed by atoms with E-state index >= 15 is 0 Å². The lowest BCUT2D eigenvalue weighted by molar-refractivity contribution is -0.344. The predicted molar refractivity (Wildman–Crippen MR) is 484 cm³/mol. The molecule has 0 unspecified atom stereocenters. The fourth-order valence-electron chi connectivity index (χ4n) is 17.1. The number of Topliss-reactive ketones (excluding diaryl/α,β-unsaturated/α-hetero) is 4. The average Bonchev–Trinajstić information content (AvgIpc) is 1.60. The third kappa shape index (κ3) is 26.7. The lowest BCUT2D eigenvalue weighted by Gasteiger charge is -2.39. The zero-order chi connectivity index (χ0) is 110. The first-order valence-corrected chi connectivity index (χ1v) is 50.9. The maximum atomic E-state index is 14.6. The number of ketones is 4. The Morgan fingerprint density at radius 1 is 0.340 bits per heavy atom. The number of alkyl halides is 16. The Hall–Kier alpha value is -12.8. The Bertz CT molecular complexity index is 7220. The lowest BCUT2D eigenvalue weighted by Crippen LogP contribution is -2.54. The van der Waals surface area contributed by atoms with Gasteiger partial charge in [0.2, 0.25) is 51.7 Å². The maximum Gasteiger partial charge on any atom is 0.522 e. The summed E-state index contributed by atoms with van der Waals surface area (Å²) in [7, 11) is -17.4. The van der Waals surface area contributed by atoms with Crippen LogP contribution in [0.1, 0.15) is 119 Å². The fraction of sp³-hybridized carbons (Fsp3) is 0.368. The van der Waals surface area contributed by atoms with Crippen LogP contribution in [0.5, 0.6) is 0 Å². The quantitative estimate of drug-likeness (QED) is 0.0393. The average molecular weight is 2210 g/mol. The van der Waals surface area contributed by atoms with Crippen LogP contribution >= 0.6 is 0 Å². The van der Waals surface area contributed by atoms with Gasteiger partial charge in [-0.25, -0.2) is 112 Å². The van der Waals surface area contributed by atoms with Crippen molar-refractivity contribution in [1.29, 1.82) is 0 Å². The molecule has 4 aromatic carbocycles. The van der Waals surface area contributed by atoms with Crippen LogP contribution in [0.25, 0.3) is 33.8 Å². The smallest absolute Gasteiger partial charge is 0.351 e. The van der Waals surface area contributed by atoms with Crippen molar-refractivity contribution in [1.82, 2.24) is 67.1 Å². The van der Waals surface area contributed by atoms with Gasteiger partial charge in [-0.3, -0.25) is 43.9 Å². The highest BCUT2D eigenvalue weighted by Crippen LogP contribution is 2.43. The first kappa shape index (κ1) is 114. The number of anilines is 1. The third-order valence-corrected chi connectivity index (χ3v) is 33.1. The molecule has 0 bridgehead atoms. The van der Waals surface area contributed by atoms with Crippen molar-refractivity contribution in [2.45, 2.75) is 228 Å². The summed E-state index contributed by atoms with van der Waals surface area (Å²) in [6.45, 7) is 5.30. The van der Waals surface area contributed by atoms with Gasteiger partial charge in [-0.1, -0.05) is 18.2 Å². The molecular formula is C95H84F23N15O13S4. The second-order valence-electron chi connectivity index (χ2n) is 35.0. The number of nitrogens with zero attached hydrogens (tertiary/aromatic N) is 15. The van der Waals surface area contributed by atoms with Gasteiger partial charge in [0.05, 0.1) is 104 Å². The number of hydrogen-bond acceptors (Lipinski definition) is 24. The van der Waals surface area contributed by atoms with E-state index in [1.165, 1.54) is 82.6 Å². The van der Waals surface area contributed by atoms with Crippen molar-refractivity contribution >= 4 is 69.0 Å². The van der Waals surface area contributed by atoms with E-state index in [0.29, 0.717) is 27.9 Å². The van der Waals surface area contributed by atoms with Gasteiger partial charge in [0.15, 0.2) is 34.8 Å². The summed E-state index contributed by atoms with van der Waals surface area (Å²) in [5.41, 5.74) is -0.146. The molecule has 802 valence electrons. The van der Waals surface area contributed by atoms with E-state index in [1.807, 2.05) is 0 Å². The normalized spacial score (nSPS) is 21.3. The van der Waals surface area contributed by atoms with Crippen molar-refractivity contribution < 1.29 is 159 Å². The van der Waals surface area contributed by atoms with E-state index in [1.54, 1.807) is 11.0 Å². The SMILES string of the molecule is C[C@H]1[C@H](F)C[C@@H](C(=O)CCc2cc(-c3ccc(C(F)(F)F)nc3)ncc2F)N1S(=O)(=O)c1ccc(F)cc1.C[C@H]1[C@H](F)C[C@@H](C(=O)CCc2cc(-c3cnc(C(F)(F)F)nc3)ncc2F)N1S(=O)(=O)c1ccc(F)c(F)c1.C[C@H]1[C@H](F)C[C@@H](C(=O)CCc2cc(-c3cnc(C(F)(F)F)nc3)ncc2F)N1S(=O)(=O)c1ccccc1.C[C@H]1[C@H](F)C[C@@H](C(=O)CCc2cc(N3CC(OC(F)(F)F)C3)ncn2)N1S(=O)(=O)c1ccc(F)cc1. The van der Waals surface area contributed by atoms with Gasteiger partial charge in [0.1, 0.15) is 77.7 Å². The third-order valence-electron chi connectivity index (χ3n) is 25.1. The van der Waals surface area contributed by atoms with Crippen molar-refractivity contribution in [3.8, 4) is 33.8 Å².